The Morgan fingerprint density at radius 2 is 1.68 bits per heavy atom. The molecule has 2 aromatic rings. The molecule has 0 unspecified atom stereocenters. The van der Waals surface area contributed by atoms with Crippen molar-refractivity contribution in [3.63, 3.8) is 0 Å². The Bertz CT molecular complexity index is 540. The third kappa shape index (κ3) is 3.88. The van der Waals surface area contributed by atoms with Crippen LogP contribution in [0.2, 0.25) is 0 Å². The average Bonchev–Trinajstić information content (AvgIpc) is 2.38. The third-order valence-electron chi connectivity index (χ3n) is 2.42. The van der Waals surface area contributed by atoms with Crippen LogP contribution in [0.5, 0.6) is 17.2 Å². The fourth-order valence-electron chi connectivity index (χ4n) is 1.59. The topological polar surface area (TPSA) is 44.5 Å². The predicted molar refractivity (Wildman–Crippen MR) is 73.1 cm³/mol. The molecule has 0 saturated heterocycles. The molecule has 0 saturated carbocycles. The van der Waals surface area contributed by atoms with Crippen molar-refractivity contribution < 1.29 is 13.9 Å². The van der Waals surface area contributed by atoms with Crippen LogP contribution in [-0.4, -0.2) is 6.61 Å². The van der Waals surface area contributed by atoms with Crippen molar-refractivity contribution in [3.05, 3.63) is 48.3 Å². The molecule has 2 rings (SSSR count). The monoisotopic (exact) mass is 261 g/mol. The molecule has 2 aromatic carbocycles. The molecule has 3 nitrogen and oxygen atoms in total. The molecule has 100 valence electrons. The zero-order valence-electron chi connectivity index (χ0n) is 10.7. The molecule has 0 aliphatic heterocycles. The molecule has 0 heterocycles. The first kappa shape index (κ1) is 13.2. The summed E-state index contributed by atoms with van der Waals surface area (Å²) in [6.45, 7) is 2.65. The van der Waals surface area contributed by atoms with Crippen molar-refractivity contribution >= 4 is 5.69 Å². The van der Waals surface area contributed by atoms with Gasteiger partial charge in [0.15, 0.2) is 0 Å². The molecule has 0 aliphatic carbocycles. The summed E-state index contributed by atoms with van der Waals surface area (Å²) in [5.41, 5.74) is 6.35. The first-order valence-electron chi connectivity index (χ1n) is 6.14. The van der Waals surface area contributed by atoms with Gasteiger partial charge in [0.2, 0.25) is 0 Å². The molecule has 0 aromatic heterocycles. The number of ether oxygens (including phenoxy) is 2. The fourth-order valence-corrected chi connectivity index (χ4v) is 1.59. The lowest BCUT2D eigenvalue weighted by Gasteiger charge is -2.10. The summed E-state index contributed by atoms with van der Waals surface area (Å²) in [5, 5.41) is 0. The van der Waals surface area contributed by atoms with Crippen molar-refractivity contribution in [2.45, 2.75) is 13.3 Å². The molecular weight excluding hydrogens is 245 g/mol. The zero-order valence-corrected chi connectivity index (χ0v) is 10.7. The molecule has 19 heavy (non-hydrogen) atoms. The van der Waals surface area contributed by atoms with Gasteiger partial charge in [-0.3, -0.25) is 0 Å². The normalized spacial score (nSPS) is 10.2. The van der Waals surface area contributed by atoms with E-state index in [1.54, 1.807) is 30.3 Å². The smallest absolute Gasteiger partial charge is 0.133 e. The van der Waals surface area contributed by atoms with Crippen molar-refractivity contribution in [1.29, 1.82) is 0 Å². The Kier molecular flexibility index (Phi) is 4.23. The molecule has 0 atom stereocenters. The van der Waals surface area contributed by atoms with Gasteiger partial charge >= 0.3 is 0 Å². The van der Waals surface area contributed by atoms with Crippen molar-refractivity contribution in [3.8, 4) is 17.2 Å². The molecule has 0 spiro atoms. The van der Waals surface area contributed by atoms with E-state index in [1.807, 2.05) is 6.92 Å². The number of nitrogens with two attached hydrogens (primary N) is 1. The van der Waals surface area contributed by atoms with E-state index in [2.05, 4.69) is 0 Å². The van der Waals surface area contributed by atoms with Gasteiger partial charge in [0.25, 0.3) is 0 Å². The molecule has 0 amide bonds. The number of nitrogen functional groups attached to an aromatic ring is 1. The summed E-state index contributed by atoms with van der Waals surface area (Å²) in [5.74, 6) is 1.48. The van der Waals surface area contributed by atoms with Crippen LogP contribution in [0.25, 0.3) is 0 Å². The highest BCUT2D eigenvalue weighted by molar-refractivity contribution is 5.51. The summed E-state index contributed by atoms with van der Waals surface area (Å²) in [4.78, 5) is 0. The number of halogens is 1. The van der Waals surface area contributed by atoms with Crippen LogP contribution in [-0.2, 0) is 0 Å². The quantitative estimate of drug-likeness (QED) is 0.828. The molecule has 0 bridgehead atoms. The van der Waals surface area contributed by atoms with E-state index in [0.29, 0.717) is 29.5 Å². The first-order valence-corrected chi connectivity index (χ1v) is 6.14. The summed E-state index contributed by atoms with van der Waals surface area (Å²) in [6.07, 6.45) is 0.920. The van der Waals surface area contributed by atoms with Crippen LogP contribution < -0.4 is 15.2 Å². The van der Waals surface area contributed by atoms with E-state index in [0.717, 1.165) is 6.42 Å². The molecule has 0 aliphatic rings. The van der Waals surface area contributed by atoms with Crippen LogP contribution in [0, 0.1) is 5.82 Å². The van der Waals surface area contributed by atoms with Crippen LogP contribution in [0.15, 0.2) is 42.5 Å². The SMILES string of the molecule is CCCOc1cc(N)cc(Oc2ccc(F)cc2)c1. The number of rotatable bonds is 5. The van der Waals surface area contributed by atoms with Crippen molar-refractivity contribution in [2.24, 2.45) is 0 Å². The lowest BCUT2D eigenvalue weighted by molar-refractivity contribution is 0.316. The highest BCUT2D eigenvalue weighted by atomic mass is 19.1. The Morgan fingerprint density at radius 1 is 1.00 bits per heavy atom. The fraction of sp³-hybridized carbons (Fsp3) is 0.200. The summed E-state index contributed by atoms with van der Waals surface area (Å²) >= 11 is 0. The summed E-state index contributed by atoms with van der Waals surface area (Å²) in [6, 6.07) is 11.0. The Balaban J connectivity index is 2.15. The molecule has 0 fully saturated rings. The number of benzene rings is 2. The van der Waals surface area contributed by atoms with Crippen molar-refractivity contribution in [1.82, 2.24) is 0 Å². The van der Waals surface area contributed by atoms with E-state index in [4.69, 9.17) is 15.2 Å². The highest BCUT2D eigenvalue weighted by Crippen LogP contribution is 2.28. The van der Waals surface area contributed by atoms with Gasteiger partial charge in [0, 0.05) is 23.9 Å². The molecule has 0 radical (unpaired) electrons. The van der Waals surface area contributed by atoms with Crippen LogP contribution in [0.4, 0.5) is 10.1 Å². The summed E-state index contributed by atoms with van der Waals surface area (Å²) < 4.78 is 23.9. The highest BCUT2D eigenvalue weighted by Gasteiger charge is 2.03. The Hall–Kier alpha value is -2.23. The van der Waals surface area contributed by atoms with Crippen LogP contribution in [0.3, 0.4) is 0 Å². The maximum absolute atomic E-state index is 12.8. The van der Waals surface area contributed by atoms with E-state index in [-0.39, 0.29) is 5.82 Å². The molecular formula is C15H16FNO2. The second kappa shape index (κ2) is 6.09. The van der Waals surface area contributed by atoms with Gasteiger partial charge in [0.1, 0.15) is 23.1 Å². The average molecular weight is 261 g/mol. The van der Waals surface area contributed by atoms with Gasteiger partial charge < -0.3 is 15.2 Å². The number of hydrogen-bond acceptors (Lipinski definition) is 3. The molecule has 4 heteroatoms. The largest absolute Gasteiger partial charge is 0.493 e. The second-order valence-corrected chi connectivity index (χ2v) is 4.14. The van der Waals surface area contributed by atoms with E-state index in [1.165, 1.54) is 12.1 Å². The third-order valence-corrected chi connectivity index (χ3v) is 2.42. The minimum Gasteiger partial charge on any atom is -0.493 e. The number of hydrogen-bond donors (Lipinski definition) is 1. The second-order valence-electron chi connectivity index (χ2n) is 4.14. The van der Waals surface area contributed by atoms with Crippen molar-refractivity contribution in [2.75, 3.05) is 12.3 Å². The Labute approximate surface area is 111 Å². The lowest BCUT2D eigenvalue weighted by Crippen LogP contribution is -1.97. The number of anilines is 1. The van der Waals surface area contributed by atoms with Crippen LogP contribution >= 0.6 is 0 Å². The van der Waals surface area contributed by atoms with E-state index < -0.39 is 0 Å². The maximum atomic E-state index is 12.8. The summed E-state index contributed by atoms with van der Waals surface area (Å²) in [7, 11) is 0. The predicted octanol–water partition coefficient (Wildman–Crippen LogP) is 3.99. The standard InChI is InChI=1S/C15H16FNO2/c1-2-7-18-14-8-12(17)9-15(10-14)19-13-5-3-11(16)4-6-13/h3-6,8-10H,2,7,17H2,1H3. The maximum Gasteiger partial charge on any atom is 0.133 e. The van der Waals surface area contributed by atoms with E-state index in [9.17, 15) is 4.39 Å². The van der Waals surface area contributed by atoms with Gasteiger partial charge in [-0.25, -0.2) is 4.39 Å². The van der Waals surface area contributed by atoms with Gasteiger partial charge in [0.05, 0.1) is 6.61 Å². The van der Waals surface area contributed by atoms with E-state index >= 15 is 0 Å². The van der Waals surface area contributed by atoms with Gasteiger partial charge in [-0.1, -0.05) is 6.92 Å². The molecule has 2 N–H and O–H groups in total. The Morgan fingerprint density at radius 3 is 2.37 bits per heavy atom. The first-order chi connectivity index (χ1) is 9.17. The minimum atomic E-state index is -0.299. The van der Waals surface area contributed by atoms with Gasteiger partial charge in [-0.15, -0.1) is 0 Å². The zero-order chi connectivity index (χ0) is 13.7. The van der Waals surface area contributed by atoms with Gasteiger partial charge in [-0.2, -0.15) is 0 Å². The van der Waals surface area contributed by atoms with Crippen LogP contribution in [0.1, 0.15) is 13.3 Å². The van der Waals surface area contributed by atoms with Gasteiger partial charge in [-0.05, 0) is 30.7 Å². The minimum absolute atomic E-state index is 0.299. The lowest BCUT2D eigenvalue weighted by atomic mass is 10.3.